The van der Waals surface area contributed by atoms with Gasteiger partial charge in [-0.1, -0.05) is 0 Å². The Morgan fingerprint density at radius 2 is 1.00 bits per heavy atom. The van der Waals surface area contributed by atoms with Crippen molar-refractivity contribution in [1.29, 1.82) is 0 Å². The van der Waals surface area contributed by atoms with E-state index in [1.165, 1.54) is 0 Å². The SMILES string of the molecule is [Fe].[K].[Mg].[Mo].[Tm]. The summed E-state index contributed by atoms with van der Waals surface area (Å²) in [5, 5.41) is 0. The molecule has 0 aliphatic rings. The molecule has 0 unspecified atom stereocenters. The molecule has 0 spiro atoms. The molecule has 0 aromatic carbocycles. The van der Waals surface area contributed by atoms with Crippen molar-refractivity contribution in [1.82, 2.24) is 0 Å². The molecule has 0 aliphatic heterocycles. The van der Waals surface area contributed by atoms with Crippen molar-refractivity contribution < 1.29 is 75.0 Å². The first-order valence-corrected chi connectivity index (χ1v) is 0. The Hall–Kier alpha value is 4.84. The fourth-order valence-electron chi connectivity index (χ4n) is 0. The summed E-state index contributed by atoms with van der Waals surface area (Å²) in [5.74, 6) is 0. The Morgan fingerprint density at radius 3 is 1.00 bits per heavy atom. The van der Waals surface area contributed by atoms with Crippen molar-refractivity contribution in [2.75, 3.05) is 0 Å². The van der Waals surface area contributed by atoms with E-state index in [0.29, 0.717) is 0 Å². The number of hydrogen-bond acceptors (Lipinski definition) is 0. The van der Waals surface area contributed by atoms with Crippen molar-refractivity contribution in [3.8, 4) is 0 Å². The molecular weight excluding hydrogens is 384 g/mol. The Bertz CT molecular complexity index is 11.6. The van der Waals surface area contributed by atoms with Gasteiger partial charge in [-0.05, 0) is 0 Å². The Balaban J connectivity index is 0. The van der Waals surface area contributed by atoms with Crippen LogP contribution in [-0.4, -0.2) is 74.4 Å². The van der Waals surface area contributed by atoms with Gasteiger partial charge in [-0.15, -0.1) is 0 Å². The second-order valence-electron chi connectivity index (χ2n) is 0. The fraction of sp³-hybridized carbons (Fsp3) is 0. The summed E-state index contributed by atoms with van der Waals surface area (Å²) < 4.78 is 0. The van der Waals surface area contributed by atoms with Gasteiger partial charge in [0.25, 0.3) is 0 Å². The Morgan fingerprint density at radius 1 is 1.00 bits per heavy atom. The van der Waals surface area contributed by atoms with E-state index in [1.807, 2.05) is 0 Å². The largest absolute Gasteiger partial charge is 0 e. The van der Waals surface area contributed by atoms with Crippen molar-refractivity contribution in [3.63, 3.8) is 0 Å². The van der Waals surface area contributed by atoms with E-state index in [1.54, 1.807) is 0 Å². The maximum Gasteiger partial charge on any atom is 0 e. The summed E-state index contributed by atoms with van der Waals surface area (Å²) in [4.78, 5) is 0. The molecule has 0 aromatic heterocycles. The van der Waals surface area contributed by atoms with Gasteiger partial charge in [0.1, 0.15) is 0 Å². The van der Waals surface area contributed by atoms with Crippen LogP contribution in [0.4, 0.5) is 0 Å². The van der Waals surface area contributed by atoms with Crippen LogP contribution in [0, 0.1) is 36.9 Å². The quantitative estimate of drug-likeness (QED) is 0.482. The summed E-state index contributed by atoms with van der Waals surface area (Å²) in [7, 11) is 0. The summed E-state index contributed by atoms with van der Waals surface area (Å²) in [6, 6.07) is 0. The zero-order valence-corrected chi connectivity index (χ0v) is 12.2. The van der Waals surface area contributed by atoms with Crippen LogP contribution < -0.4 is 0 Å². The third kappa shape index (κ3) is 17.7. The normalized spacial score (nSPS) is 0. The van der Waals surface area contributed by atoms with Crippen LogP contribution in [0.5, 0.6) is 0 Å². The van der Waals surface area contributed by atoms with E-state index in [0.717, 1.165) is 0 Å². The molecule has 0 bridgehead atoms. The van der Waals surface area contributed by atoms with Gasteiger partial charge in [-0.25, -0.2) is 0 Å². The molecule has 0 rings (SSSR count). The van der Waals surface area contributed by atoms with Crippen LogP contribution in [0.15, 0.2) is 0 Å². The maximum atomic E-state index is 0. The molecule has 30 valence electrons. The smallest absolute Gasteiger partial charge is 0 e. The predicted molar refractivity (Wildman–Crippen MR) is 11.5 cm³/mol. The van der Waals surface area contributed by atoms with Crippen molar-refractivity contribution in [2.24, 2.45) is 0 Å². The van der Waals surface area contributed by atoms with Gasteiger partial charge in [0.2, 0.25) is 0 Å². The van der Waals surface area contributed by atoms with Crippen molar-refractivity contribution in [3.05, 3.63) is 0 Å². The zero-order chi connectivity index (χ0) is 0. The van der Waals surface area contributed by atoms with Gasteiger partial charge in [0.05, 0.1) is 0 Å². The molecule has 0 aromatic rings. The van der Waals surface area contributed by atoms with Gasteiger partial charge < -0.3 is 0 Å². The molecule has 0 fully saturated rings. The molecule has 0 saturated carbocycles. The molecule has 0 atom stereocenters. The van der Waals surface area contributed by atoms with Crippen LogP contribution in [-0.2, 0) is 38.1 Å². The van der Waals surface area contributed by atoms with E-state index >= 15 is 0 Å². The van der Waals surface area contributed by atoms with Gasteiger partial charge in [0.15, 0.2) is 0 Å². The van der Waals surface area contributed by atoms with Gasteiger partial charge >= 0.3 is 0 Å². The first-order valence-electron chi connectivity index (χ1n) is 0. The molecule has 0 heterocycles. The molecule has 0 saturated heterocycles. The second kappa shape index (κ2) is 23.2. The topological polar surface area (TPSA) is 0 Å². The molecule has 0 aliphatic carbocycles. The van der Waals surface area contributed by atoms with E-state index < -0.39 is 0 Å². The van der Waals surface area contributed by atoms with Gasteiger partial charge in [-0.3, -0.25) is 0 Å². The van der Waals surface area contributed by atoms with Gasteiger partial charge in [-0.2, -0.15) is 0 Å². The monoisotopic (exact) mass is 386 g/mol. The average Bonchev–Trinajstić information content (AvgIpc) is 0. The number of hydrogen-bond donors (Lipinski definition) is 0. The Labute approximate surface area is 145 Å². The van der Waals surface area contributed by atoms with Crippen LogP contribution >= 0.6 is 0 Å². The minimum atomic E-state index is 0. The molecular formula is FeKMgMoTm. The molecule has 5 heteroatoms. The second-order valence-corrected chi connectivity index (χ2v) is 0. The number of rotatable bonds is 0. The molecule has 5 heavy (non-hydrogen) atoms. The average molecular weight is 384 g/mol. The van der Waals surface area contributed by atoms with Crippen LogP contribution in [0.3, 0.4) is 0 Å². The third-order valence-corrected chi connectivity index (χ3v) is 0. The van der Waals surface area contributed by atoms with E-state index in [9.17, 15) is 0 Å². The summed E-state index contributed by atoms with van der Waals surface area (Å²) >= 11 is 0. The predicted octanol–water partition coefficient (Wildman–Crippen LogP) is -0.767. The summed E-state index contributed by atoms with van der Waals surface area (Å²) in [6.07, 6.45) is 0. The van der Waals surface area contributed by atoms with E-state index in [4.69, 9.17) is 0 Å². The Kier molecular flexibility index (Phi) is 152. The van der Waals surface area contributed by atoms with Crippen molar-refractivity contribution in [2.45, 2.75) is 0 Å². The van der Waals surface area contributed by atoms with Crippen LogP contribution in [0.25, 0.3) is 0 Å². The van der Waals surface area contributed by atoms with Crippen LogP contribution in [0.2, 0.25) is 0 Å². The summed E-state index contributed by atoms with van der Waals surface area (Å²) in [6.45, 7) is 0. The van der Waals surface area contributed by atoms with Gasteiger partial charge in [0, 0.05) is 149 Å². The summed E-state index contributed by atoms with van der Waals surface area (Å²) in [5.41, 5.74) is 0. The van der Waals surface area contributed by atoms with Crippen molar-refractivity contribution >= 4 is 74.4 Å². The van der Waals surface area contributed by atoms with Crippen LogP contribution in [0.1, 0.15) is 0 Å². The molecule has 0 amide bonds. The first kappa shape index (κ1) is 32.8. The first-order chi connectivity index (χ1) is 0. The minimum absolute atomic E-state index is 0. The van der Waals surface area contributed by atoms with E-state index in [2.05, 4.69) is 0 Å². The maximum absolute atomic E-state index is 0. The molecule has 0 nitrogen and oxygen atoms in total. The standard InChI is InChI=1S/Fe.K.Mg.Mo.Tm. The third-order valence-electron chi connectivity index (χ3n) is 0. The van der Waals surface area contributed by atoms with E-state index in [-0.39, 0.29) is 149 Å². The minimum Gasteiger partial charge on any atom is 0 e. The molecule has 0 N–H and O–H groups in total. The fourth-order valence-corrected chi connectivity index (χ4v) is 0. The molecule has 4 radical (unpaired) electrons. The zero-order valence-electron chi connectivity index (χ0n) is 2.75.